The van der Waals surface area contributed by atoms with E-state index in [2.05, 4.69) is 5.32 Å². The molecule has 2 aliphatic heterocycles. The fraction of sp³-hybridized carbons (Fsp3) is 0.571. The third kappa shape index (κ3) is 4.66. The Hall–Kier alpha value is -2.08. The summed E-state index contributed by atoms with van der Waals surface area (Å²) in [5, 5.41) is 3.56. The maximum atomic E-state index is 12.9. The Morgan fingerprint density at radius 2 is 1.86 bits per heavy atom. The van der Waals surface area contributed by atoms with Crippen LogP contribution in [0.25, 0.3) is 0 Å². The van der Waals surface area contributed by atoms with E-state index >= 15 is 0 Å². The van der Waals surface area contributed by atoms with Crippen LogP contribution >= 0.6 is 11.6 Å². The SMILES string of the molecule is CC(C)(C)N1CC(C(=O)N2CCC(NC(=O)c3cccc(Cl)c3)CC2)CC1=O. The van der Waals surface area contributed by atoms with Crippen LogP contribution in [-0.4, -0.2) is 58.7 Å². The van der Waals surface area contributed by atoms with Crippen LogP contribution < -0.4 is 5.32 Å². The first kappa shape index (κ1) is 20.6. The van der Waals surface area contributed by atoms with Crippen molar-refractivity contribution < 1.29 is 14.4 Å². The molecule has 6 nitrogen and oxygen atoms in total. The number of carbonyl (C=O) groups excluding carboxylic acids is 3. The molecule has 1 atom stereocenters. The van der Waals surface area contributed by atoms with Crippen molar-refractivity contribution >= 4 is 29.3 Å². The summed E-state index contributed by atoms with van der Waals surface area (Å²) in [5.74, 6) is -0.298. The van der Waals surface area contributed by atoms with Gasteiger partial charge in [0.1, 0.15) is 0 Å². The number of amides is 3. The van der Waals surface area contributed by atoms with Crippen molar-refractivity contribution in [2.45, 2.75) is 51.6 Å². The fourth-order valence-corrected chi connectivity index (χ4v) is 4.11. The van der Waals surface area contributed by atoms with Gasteiger partial charge in [0.15, 0.2) is 0 Å². The number of nitrogens with one attached hydrogen (secondary N) is 1. The van der Waals surface area contributed by atoms with Crippen LogP contribution in [0.4, 0.5) is 0 Å². The monoisotopic (exact) mass is 405 g/mol. The second-order valence-corrected chi connectivity index (χ2v) is 9.10. The molecule has 152 valence electrons. The van der Waals surface area contributed by atoms with E-state index in [1.807, 2.05) is 25.7 Å². The molecule has 0 spiro atoms. The minimum Gasteiger partial charge on any atom is -0.349 e. The fourth-order valence-electron chi connectivity index (χ4n) is 3.92. The maximum absolute atomic E-state index is 12.9. The molecular weight excluding hydrogens is 378 g/mol. The average molecular weight is 406 g/mol. The Labute approximate surface area is 171 Å². The highest BCUT2D eigenvalue weighted by Gasteiger charge is 2.41. The molecule has 3 amide bonds. The lowest BCUT2D eigenvalue weighted by molar-refractivity contribution is -0.136. The van der Waals surface area contributed by atoms with Crippen LogP contribution in [0.3, 0.4) is 0 Å². The predicted molar refractivity (Wildman–Crippen MR) is 108 cm³/mol. The van der Waals surface area contributed by atoms with Crippen molar-refractivity contribution in [2.24, 2.45) is 5.92 Å². The molecule has 2 fully saturated rings. The number of carbonyl (C=O) groups is 3. The van der Waals surface area contributed by atoms with Crippen molar-refractivity contribution in [3.05, 3.63) is 34.9 Å². The van der Waals surface area contributed by atoms with Gasteiger partial charge in [0.2, 0.25) is 11.8 Å². The van der Waals surface area contributed by atoms with Crippen LogP contribution in [0.2, 0.25) is 5.02 Å². The van der Waals surface area contributed by atoms with Gasteiger partial charge in [-0.1, -0.05) is 17.7 Å². The summed E-state index contributed by atoms with van der Waals surface area (Å²) in [4.78, 5) is 41.1. The van der Waals surface area contributed by atoms with Gasteiger partial charge in [0.05, 0.1) is 5.92 Å². The van der Waals surface area contributed by atoms with E-state index in [4.69, 9.17) is 11.6 Å². The van der Waals surface area contributed by atoms with Gasteiger partial charge in [-0.25, -0.2) is 0 Å². The lowest BCUT2D eigenvalue weighted by Crippen LogP contribution is -2.48. The first-order valence-corrected chi connectivity index (χ1v) is 10.2. The van der Waals surface area contributed by atoms with Crippen molar-refractivity contribution in [1.29, 1.82) is 0 Å². The highest BCUT2D eigenvalue weighted by molar-refractivity contribution is 6.30. The summed E-state index contributed by atoms with van der Waals surface area (Å²) in [5.41, 5.74) is 0.279. The quantitative estimate of drug-likeness (QED) is 0.840. The van der Waals surface area contributed by atoms with E-state index in [-0.39, 0.29) is 35.2 Å². The number of hydrogen-bond acceptors (Lipinski definition) is 3. The van der Waals surface area contributed by atoms with Gasteiger partial charge in [0.25, 0.3) is 5.91 Å². The summed E-state index contributed by atoms with van der Waals surface area (Å²) < 4.78 is 0. The van der Waals surface area contributed by atoms with Crippen molar-refractivity contribution in [2.75, 3.05) is 19.6 Å². The van der Waals surface area contributed by atoms with Gasteiger partial charge in [-0.2, -0.15) is 0 Å². The second-order valence-electron chi connectivity index (χ2n) is 8.66. The van der Waals surface area contributed by atoms with Crippen molar-refractivity contribution in [3.63, 3.8) is 0 Å². The molecule has 28 heavy (non-hydrogen) atoms. The highest BCUT2D eigenvalue weighted by atomic mass is 35.5. The van der Waals surface area contributed by atoms with Gasteiger partial charge in [-0.3, -0.25) is 14.4 Å². The Morgan fingerprint density at radius 1 is 1.18 bits per heavy atom. The first-order chi connectivity index (χ1) is 13.1. The molecule has 2 heterocycles. The molecule has 0 bridgehead atoms. The maximum Gasteiger partial charge on any atom is 0.251 e. The molecular formula is C21H28ClN3O3. The molecule has 0 aromatic heterocycles. The average Bonchev–Trinajstić information content (AvgIpc) is 3.04. The number of piperidine rings is 1. The summed E-state index contributed by atoms with van der Waals surface area (Å²) in [6.07, 6.45) is 1.71. The van der Waals surface area contributed by atoms with Crippen molar-refractivity contribution in [3.8, 4) is 0 Å². The van der Waals surface area contributed by atoms with E-state index < -0.39 is 0 Å². The summed E-state index contributed by atoms with van der Waals surface area (Å²) in [7, 11) is 0. The molecule has 0 aliphatic carbocycles. The standard InChI is InChI=1S/C21H28ClN3O3/c1-21(2,3)25-13-15(12-18(25)26)20(28)24-9-7-17(8-10-24)23-19(27)14-5-4-6-16(22)11-14/h4-6,11,15,17H,7-10,12-13H2,1-3H3,(H,23,27). The van der Waals surface area contributed by atoms with E-state index in [0.717, 1.165) is 0 Å². The molecule has 1 N–H and O–H groups in total. The first-order valence-electron chi connectivity index (χ1n) is 9.81. The van der Waals surface area contributed by atoms with Crippen LogP contribution in [-0.2, 0) is 9.59 Å². The third-order valence-corrected chi connectivity index (χ3v) is 5.75. The Bertz CT molecular complexity index is 766. The number of nitrogens with zero attached hydrogens (tertiary/aromatic N) is 2. The molecule has 1 aromatic rings. The number of benzene rings is 1. The van der Waals surface area contributed by atoms with E-state index in [1.54, 1.807) is 29.2 Å². The topological polar surface area (TPSA) is 69.7 Å². The molecule has 2 saturated heterocycles. The largest absolute Gasteiger partial charge is 0.349 e. The summed E-state index contributed by atoms with van der Waals surface area (Å²) in [6.45, 7) is 7.66. The lowest BCUT2D eigenvalue weighted by atomic mass is 10.0. The Kier molecular flexibility index (Phi) is 5.98. The second kappa shape index (κ2) is 8.11. The normalized spacial score (nSPS) is 21.1. The molecule has 0 radical (unpaired) electrons. The zero-order valence-corrected chi connectivity index (χ0v) is 17.5. The molecule has 1 aromatic carbocycles. The van der Waals surface area contributed by atoms with Gasteiger partial charge in [-0.15, -0.1) is 0 Å². The molecule has 0 saturated carbocycles. The summed E-state index contributed by atoms with van der Waals surface area (Å²) >= 11 is 5.94. The number of likely N-dealkylation sites (tertiary alicyclic amines) is 2. The molecule has 7 heteroatoms. The Morgan fingerprint density at radius 3 is 2.43 bits per heavy atom. The van der Waals surface area contributed by atoms with Crippen LogP contribution in [0, 0.1) is 5.92 Å². The van der Waals surface area contributed by atoms with Crippen LogP contribution in [0.5, 0.6) is 0 Å². The van der Waals surface area contributed by atoms with Gasteiger partial charge in [0, 0.05) is 48.2 Å². The lowest BCUT2D eigenvalue weighted by Gasteiger charge is -2.35. The number of hydrogen-bond donors (Lipinski definition) is 1. The minimum atomic E-state index is -0.260. The zero-order chi connectivity index (χ0) is 20.5. The third-order valence-electron chi connectivity index (χ3n) is 5.51. The Balaban J connectivity index is 1.51. The summed E-state index contributed by atoms with van der Waals surface area (Å²) in [6, 6.07) is 6.90. The predicted octanol–water partition coefficient (Wildman–Crippen LogP) is 2.71. The smallest absolute Gasteiger partial charge is 0.251 e. The number of rotatable bonds is 3. The van der Waals surface area contributed by atoms with Gasteiger partial charge in [-0.05, 0) is 51.8 Å². The molecule has 3 rings (SSSR count). The van der Waals surface area contributed by atoms with Gasteiger partial charge >= 0.3 is 0 Å². The van der Waals surface area contributed by atoms with E-state index in [0.29, 0.717) is 49.5 Å². The van der Waals surface area contributed by atoms with E-state index in [1.165, 1.54) is 0 Å². The van der Waals surface area contributed by atoms with E-state index in [9.17, 15) is 14.4 Å². The van der Waals surface area contributed by atoms with Gasteiger partial charge < -0.3 is 15.1 Å². The molecule has 1 unspecified atom stereocenters. The number of halogens is 1. The van der Waals surface area contributed by atoms with Crippen molar-refractivity contribution in [1.82, 2.24) is 15.1 Å². The van der Waals surface area contributed by atoms with Crippen LogP contribution in [0.15, 0.2) is 24.3 Å². The van der Waals surface area contributed by atoms with Crippen LogP contribution in [0.1, 0.15) is 50.4 Å². The minimum absolute atomic E-state index is 0.0341. The highest BCUT2D eigenvalue weighted by Crippen LogP contribution is 2.28. The zero-order valence-electron chi connectivity index (χ0n) is 16.7. The molecule has 2 aliphatic rings.